The molecule has 0 radical (unpaired) electrons. The van der Waals surface area contributed by atoms with Gasteiger partial charge >= 0.3 is 0 Å². The third-order valence-corrected chi connectivity index (χ3v) is 9.15. The lowest BCUT2D eigenvalue weighted by Crippen LogP contribution is -2.94. The van der Waals surface area contributed by atoms with E-state index < -0.39 is 0 Å². The van der Waals surface area contributed by atoms with Crippen molar-refractivity contribution in [2.45, 2.75) is 57.0 Å². The molecule has 35 heavy (non-hydrogen) atoms. The Morgan fingerprint density at radius 3 is 2.83 bits per heavy atom. The summed E-state index contributed by atoms with van der Waals surface area (Å²) >= 11 is 0. The van der Waals surface area contributed by atoms with Crippen LogP contribution in [0.5, 0.6) is 0 Å². The minimum atomic E-state index is 0.212. The van der Waals surface area contributed by atoms with Gasteiger partial charge in [-0.1, -0.05) is 39.5 Å². The quantitative estimate of drug-likeness (QED) is 0.434. The Morgan fingerprint density at radius 2 is 2.14 bits per heavy atom. The van der Waals surface area contributed by atoms with E-state index in [-0.39, 0.29) is 5.54 Å². The number of hydrogen-bond donors (Lipinski definition) is 4. The molecule has 1 spiro atoms. The summed E-state index contributed by atoms with van der Waals surface area (Å²) in [5, 5.41) is 13.9. The number of anilines is 4. The Bertz CT molecular complexity index is 1200. The van der Waals surface area contributed by atoms with Gasteiger partial charge in [0.1, 0.15) is 5.69 Å². The molecule has 184 valence electrons. The topological polar surface area (TPSA) is 77.1 Å². The lowest BCUT2D eigenvalue weighted by atomic mass is 9.33. The molecule has 4 atom stereocenters. The zero-order chi connectivity index (χ0) is 24.4. The highest BCUT2D eigenvalue weighted by molar-refractivity contribution is 5.73. The summed E-state index contributed by atoms with van der Waals surface area (Å²) in [6.45, 7) is 14.8. The molecule has 7 heteroatoms. The van der Waals surface area contributed by atoms with Gasteiger partial charge in [0.05, 0.1) is 12.7 Å². The molecule has 2 aromatic rings. The second-order valence-electron chi connectivity index (χ2n) is 10.8. The molecule has 2 aliphatic heterocycles. The second kappa shape index (κ2) is 7.98. The molecule has 6 rings (SSSR count). The van der Waals surface area contributed by atoms with Crippen molar-refractivity contribution < 1.29 is 0 Å². The predicted octanol–water partition coefficient (Wildman–Crippen LogP) is 4.96. The Kier molecular flexibility index (Phi) is 5.11. The number of fused-ring (bicyclic) bond motifs is 1. The zero-order valence-electron chi connectivity index (χ0n) is 21.2. The number of aromatic nitrogens is 2. The van der Waals surface area contributed by atoms with Crippen LogP contribution >= 0.6 is 0 Å². The smallest absolute Gasteiger partial charge is 0.229 e. The number of aryl methyl sites for hydroxylation is 1. The van der Waals surface area contributed by atoms with Crippen molar-refractivity contribution in [2.24, 2.45) is 11.8 Å². The lowest BCUT2D eigenvalue weighted by Gasteiger charge is -2.84. The molecule has 3 heterocycles. The normalized spacial score (nSPS) is 30.2. The monoisotopic (exact) mass is 471 g/mol. The Labute approximate surface area is 208 Å². The largest absolute Gasteiger partial charge is 0.379 e. The summed E-state index contributed by atoms with van der Waals surface area (Å²) in [6.07, 6.45) is 7.83. The molecule has 2 aliphatic carbocycles. The minimum Gasteiger partial charge on any atom is -0.379 e. The first-order valence-corrected chi connectivity index (χ1v) is 13.1. The average Bonchev–Trinajstić information content (AvgIpc) is 2.82. The average molecular weight is 472 g/mol. The van der Waals surface area contributed by atoms with Crippen LogP contribution in [0.1, 0.15) is 50.7 Å². The van der Waals surface area contributed by atoms with E-state index in [1.165, 1.54) is 43.4 Å². The fourth-order valence-corrected chi connectivity index (χ4v) is 7.43. The fraction of sp³-hybridized carbons (Fsp3) is 0.500. The molecule has 1 aromatic carbocycles. The summed E-state index contributed by atoms with van der Waals surface area (Å²) < 4.78 is 0. The van der Waals surface area contributed by atoms with Crippen LogP contribution in [-0.2, 0) is 6.42 Å². The maximum Gasteiger partial charge on any atom is 0.229 e. The molecule has 3 fully saturated rings. The van der Waals surface area contributed by atoms with E-state index >= 15 is 0 Å². The van der Waals surface area contributed by atoms with Gasteiger partial charge in [0.15, 0.2) is 5.82 Å². The van der Waals surface area contributed by atoms with Gasteiger partial charge in [-0.25, -0.2) is 4.98 Å². The van der Waals surface area contributed by atoms with Crippen LogP contribution in [-0.4, -0.2) is 46.1 Å². The molecule has 4 unspecified atom stereocenters. The van der Waals surface area contributed by atoms with Crippen LogP contribution in [0.3, 0.4) is 0 Å². The summed E-state index contributed by atoms with van der Waals surface area (Å²) in [7, 11) is 2.31. The Balaban J connectivity index is 1.20. The van der Waals surface area contributed by atoms with Crippen molar-refractivity contribution >= 4 is 28.8 Å². The van der Waals surface area contributed by atoms with Crippen LogP contribution in [0.2, 0.25) is 0 Å². The van der Waals surface area contributed by atoms with Gasteiger partial charge in [-0.15, -0.1) is 0 Å². The second-order valence-corrected chi connectivity index (χ2v) is 10.8. The van der Waals surface area contributed by atoms with Crippen LogP contribution in [0.4, 0.5) is 23.1 Å². The van der Waals surface area contributed by atoms with Crippen molar-refractivity contribution in [1.29, 1.82) is 0 Å². The molecule has 1 aromatic heterocycles. The van der Waals surface area contributed by atoms with Crippen LogP contribution < -0.4 is 21.3 Å². The zero-order valence-corrected chi connectivity index (χ0v) is 21.2. The third kappa shape index (κ3) is 3.13. The van der Waals surface area contributed by atoms with E-state index in [1.54, 1.807) is 6.20 Å². The lowest BCUT2D eigenvalue weighted by molar-refractivity contribution is -0.308. The first-order chi connectivity index (χ1) is 16.9. The third-order valence-electron chi connectivity index (χ3n) is 9.15. The van der Waals surface area contributed by atoms with E-state index in [1.807, 2.05) is 0 Å². The maximum absolute atomic E-state index is 4.64. The Morgan fingerprint density at radius 1 is 1.29 bits per heavy atom. The van der Waals surface area contributed by atoms with Crippen LogP contribution in [0.25, 0.3) is 5.70 Å². The van der Waals surface area contributed by atoms with Crippen LogP contribution in [0.15, 0.2) is 43.3 Å². The van der Waals surface area contributed by atoms with E-state index in [2.05, 4.69) is 88.4 Å². The van der Waals surface area contributed by atoms with E-state index in [0.717, 1.165) is 46.8 Å². The fourth-order valence-electron chi connectivity index (χ4n) is 7.43. The summed E-state index contributed by atoms with van der Waals surface area (Å²) in [5.74, 6) is 2.88. The van der Waals surface area contributed by atoms with Crippen molar-refractivity contribution in [3.63, 3.8) is 0 Å². The number of nitrogens with one attached hydrogen (secondary N) is 4. The first kappa shape index (κ1) is 22.4. The summed E-state index contributed by atoms with van der Waals surface area (Å²) in [6, 6.07) is 6.56. The van der Waals surface area contributed by atoms with E-state index in [9.17, 15) is 0 Å². The molecule has 4 aliphatic rings. The Hall–Kier alpha value is -3.06. The predicted molar refractivity (Wildman–Crippen MR) is 144 cm³/mol. The SMILES string of the molecule is C=C1CNc2nc(Nc3ccc(C(=C)NC4(CCC)C5CCC56C4CN6C)cc3CC)ncc2N1. The number of likely N-dealkylation sites (tertiary alicyclic amines) is 1. The van der Waals surface area contributed by atoms with Gasteiger partial charge in [-0.2, -0.15) is 4.98 Å². The van der Waals surface area contributed by atoms with Gasteiger partial charge in [-0.3, -0.25) is 4.90 Å². The molecule has 0 amide bonds. The maximum atomic E-state index is 4.64. The van der Waals surface area contributed by atoms with Crippen molar-refractivity contribution in [2.75, 3.05) is 36.1 Å². The van der Waals surface area contributed by atoms with Gasteiger partial charge < -0.3 is 21.3 Å². The van der Waals surface area contributed by atoms with Gasteiger partial charge in [0.2, 0.25) is 5.95 Å². The molecule has 2 saturated carbocycles. The molecular weight excluding hydrogens is 434 g/mol. The van der Waals surface area contributed by atoms with E-state index in [4.69, 9.17) is 0 Å². The highest BCUT2D eigenvalue weighted by atomic mass is 15.3. The summed E-state index contributed by atoms with van der Waals surface area (Å²) in [5.41, 5.74) is 6.94. The molecule has 7 nitrogen and oxygen atoms in total. The molecule has 0 bridgehead atoms. The number of rotatable bonds is 8. The standard InChI is InChI=1S/C28H37N7/c1-6-11-27(23-10-12-28(23)24(27)16-35(28)5)34-18(4)20-8-9-21(19(7-2)13-20)32-26-30-15-22-25(33-26)29-14-17(3)31-22/h8-9,13,15,23-24,31,34H,3-4,6-7,10-12,14,16H2,1-2,5H3,(H2,29,30,32,33). The van der Waals surface area contributed by atoms with E-state index in [0.29, 0.717) is 18.0 Å². The first-order valence-electron chi connectivity index (χ1n) is 13.1. The number of hydrogen-bond acceptors (Lipinski definition) is 7. The number of benzene rings is 1. The van der Waals surface area contributed by atoms with Crippen molar-refractivity contribution in [3.05, 3.63) is 54.4 Å². The minimum absolute atomic E-state index is 0.212. The van der Waals surface area contributed by atoms with Crippen molar-refractivity contribution in [3.8, 4) is 0 Å². The van der Waals surface area contributed by atoms with Gasteiger partial charge in [0, 0.05) is 46.5 Å². The van der Waals surface area contributed by atoms with Crippen molar-refractivity contribution in [1.82, 2.24) is 20.2 Å². The highest BCUT2D eigenvalue weighted by Crippen LogP contribution is 2.72. The highest BCUT2D eigenvalue weighted by Gasteiger charge is 2.80. The summed E-state index contributed by atoms with van der Waals surface area (Å²) in [4.78, 5) is 11.7. The molecule has 4 N–H and O–H groups in total. The molecular formula is C28H37N7. The van der Waals surface area contributed by atoms with Gasteiger partial charge in [0.25, 0.3) is 0 Å². The number of piperidine rings is 1. The molecule has 1 saturated heterocycles. The van der Waals surface area contributed by atoms with Gasteiger partial charge in [-0.05, 0) is 56.0 Å². The number of nitrogens with zero attached hydrogens (tertiary/aromatic N) is 3. The van der Waals surface area contributed by atoms with Crippen LogP contribution in [0, 0.1) is 11.8 Å².